The molecule has 0 aliphatic carbocycles. The number of ether oxygens (including phenoxy) is 2. The molecule has 1 aliphatic rings. The Bertz CT molecular complexity index is 944. The van der Waals surface area contributed by atoms with E-state index < -0.39 is 11.8 Å². The predicted octanol–water partition coefficient (Wildman–Crippen LogP) is 3.35. The summed E-state index contributed by atoms with van der Waals surface area (Å²) in [6.45, 7) is 3.02. The second kappa shape index (κ2) is 7.45. The van der Waals surface area contributed by atoms with Crippen molar-refractivity contribution in [1.29, 1.82) is 0 Å². The maximum absolute atomic E-state index is 12.7. The van der Waals surface area contributed by atoms with Gasteiger partial charge in [0.15, 0.2) is 5.78 Å². The highest BCUT2D eigenvalue weighted by molar-refractivity contribution is 6.39. The average molecular weight is 365 g/mol. The first-order chi connectivity index (χ1) is 12.9. The summed E-state index contributed by atoms with van der Waals surface area (Å²) in [6, 6.07) is 12.2. The van der Waals surface area contributed by atoms with Crippen molar-refractivity contribution in [2.24, 2.45) is 0 Å². The summed E-state index contributed by atoms with van der Waals surface area (Å²) in [5.74, 6) is -0.237. The second-order valence-corrected chi connectivity index (χ2v) is 6.14. The lowest BCUT2D eigenvalue weighted by Crippen LogP contribution is -2.31. The number of nitrogens with zero attached hydrogens (tertiary/aromatic N) is 1. The Balaban J connectivity index is 1.88. The van der Waals surface area contributed by atoms with E-state index in [2.05, 4.69) is 0 Å². The van der Waals surface area contributed by atoms with Crippen LogP contribution in [0.15, 0.2) is 48.7 Å². The van der Waals surface area contributed by atoms with Crippen LogP contribution in [0.25, 0.3) is 5.57 Å². The third kappa shape index (κ3) is 3.60. The monoisotopic (exact) mass is 365 g/mol. The van der Waals surface area contributed by atoms with Crippen LogP contribution in [-0.4, -0.2) is 24.7 Å². The van der Waals surface area contributed by atoms with E-state index in [1.807, 2.05) is 24.3 Å². The fraction of sp³-hybridized carbons (Fsp3) is 0.190. The maximum atomic E-state index is 12.7. The van der Waals surface area contributed by atoms with Crippen LogP contribution in [0, 0.1) is 0 Å². The van der Waals surface area contributed by atoms with Crippen LogP contribution in [0.2, 0.25) is 0 Å². The molecular formula is C21H19NO5. The Morgan fingerprint density at radius 3 is 2.37 bits per heavy atom. The van der Waals surface area contributed by atoms with Gasteiger partial charge < -0.3 is 9.47 Å². The van der Waals surface area contributed by atoms with Gasteiger partial charge in [-0.15, -0.1) is 0 Å². The van der Waals surface area contributed by atoms with E-state index in [1.54, 1.807) is 25.3 Å². The molecule has 0 spiro atoms. The average Bonchev–Trinajstić information content (AvgIpc) is 2.93. The normalized spacial score (nSPS) is 14.3. The summed E-state index contributed by atoms with van der Waals surface area (Å²) in [6.07, 6.45) is 1.35. The van der Waals surface area contributed by atoms with Gasteiger partial charge in [-0.25, -0.2) is 4.90 Å². The summed E-state index contributed by atoms with van der Waals surface area (Å²) in [4.78, 5) is 37.3. The van der Waals surface area contributed by atoms with Gasteiger partial charge in [0, 0.05) is 18.1 Å². The van der Waals surface area contributed by atoms with Crippen LogP contribution in [0.1, 0.15) is 35.3 Å². The molecule has 0 aromatic heterocycles. The number of ketones is 1. The molecule has 0 bridgehead atoms. The van der Waals surface area contributed by atoms with Gasteiger partial charge in [-0.3, -0.25) is 14.4 Å². The Kier molecular flexibility index (Phi) is 5.07. The van der Waals surface area contributed by atoms with Crippen molar-refractivity contribution in [3.05, 3.63) is 65.4 Å². The number of fused-ring (bicyclic) bond motifs is 1. The van der Waals surface area contributed by atoms with Crippen molar-refractivity contribution >= 4 is 28.9 Å². The molecule has 0 saturated carbocycles. The molecule has 2 aromatic rings. The van der Waals surface area contributed by atoms with Crippen molar-refractivity contribution in [2.75, 3.05) is 12.0 Å². The lowest BCUT2D eigenvalue weighted by Gasteiger charge is -2.12. The van der Waals surface area contributed by atoms with E-state index in [9.17, 15) is 14.4 Å². The first kappa shape index (κ1) is 18.4. The van der Waals surface area contributed by atoms with E-state index in [0.29, 0.717) is 16.8 Å². The molecule has 0 N–H and O–H groups in total. The van der Waals surface area contributed by atoms with Crippen molar-refractivity contribution in [1.82, 2.24) is 0 Å². The van der Waals surface area contributed by atoms with Crippen molar-refractivity contribution < 1.29 is 23.9 Å². The highest BCUT2D eigenvalue weighted by Gasteiger charge is 2.35. The van der Waals surface area contributed by atoms with Gasteiger partial charge in [-0.05, 0) is 42.8 Å². The second-order valence-electron chi connectivity index (χ2n) is 6.14. The van der Waals surface area contributed by atoms with Crippen molar-refractivity contribution in [3.63, 3.8) is 0 Å². The van der Waals surface area contributed by atoms with Crippen LogP contribution in [0.4, 0.5) is 5.69 Å². The Morgan fingerprint density at radius 2 is 1.78 bits per heavy atom. The molecule has 3 rings (SSSR count). The third-order valence-electron chi connectivity index (χ3n) is 4.29. The number of methoxy groups -OCH3 is 1. The summed E-state index contributed by atoms with van der Waals surface area (Å²) in [7, 11) is 1.59. The molecule has 1 aliphatic heterocycles. The minimum absolute atomic E-state index is 0.120. The topological polar surface area (TPSA) is 72.9 Å². The van der Waals surface area contributed by atoms with Gasteiger partial charge in [0.25, 0.3) is 5.91 Å². The fourth-order valence-corrected chi connectivity index (χ4v) is 2.88. The van der Waals surface area contributed by atoms with Crippen LogP contribution in [-0.2, 0) is 20.9 Å². The van der Waals surface area contributed by atoms with E-state index in [4.69, 9.17) is 9.47 Å². The standard InChI is InChI=1S/C21H19NO5/c1-13(23)16-6-9-20-18(10-16)19(21(25)22(20)14(2)24)12-27-11-15-4-7-17(26-3)8-5-15/h4-10,12H,11H2,1-3H3. The predicted molar refractivity (Wildman–Crippen MR) is 100 cm³/mol. The highest BCUT2D eigenvalue weighted by Crippen LogP contribution is 2.37. The molecule has 0 radical (unpaired) electrons. The molecule has 0 saturated heterocycles. The fourth-order valence-electron chi connectivity index (χ4n) is 2.88. The van der Waals surface area contributed by atoms with Crippen LogP contribution in [0.5, 0.6) is 5.75 Å². The molecular weight excluding hydrogens is 346 g/mol. The van der Waals surface area contributed by atoms with Gasteiger partial charge in [0.2, 0.25) is 5.91 Å². The molecule has 6 nitrogen and oxygen atoms in total. The number of carbonyl (C=O) groups excluding carboxylic acids is 3. The van der Waals surface area contributed by atoms with E-state index in [0.717, 1.165) is 16.2 Å². The van der Waals surface area contributed by atoms with E-state index in [-0.39, 0.29) is 18.0 Å². The minimum Gasteiger partial charge on any atom is -0.497 e. The molecule has 1 heterocycles. The molecule has 27 heavy (non-hydrogen) atoms. The zero-order chi connectivity index (χ0) is 19.6. The Labute approximate surface area is 157 Å². The number of benzene rings is 2. The Morgan fingerprint density at radius 1 is 1.07 bits per heavy atom. The number of imide groups is 1. The molecule has 138 valence electrons. The number of carbonyl (C=O) groups is 3. The zero-order valence-corrected chi connectivity index (χ0v) is 15.3. The lowest BCUT2D eigenvalue weighted by atomic mass is 10.0. The SMILES string of the molecule is COc1ccc(COC=C2C(=O)N(C(C)=O)c3ccc(C(C)=O)cc32)cc1. The summed E-state index contributed by atoms with van der Waals surface area (Å²) in [5, 5.41) is 0. The van der Waals surface area contributed by atoms with Crippen LogP contribution < -0.4 is 9.64 Å². The van der Waals surface area contributed by atoms with Crippen LogP contribution in [0.3, 0.4) is 0 Å². The van der Waals surface area contributed by atoms with Crippen molar-refractivity contribution in [3.8, 4) is 5.75 Å². The lowest BCUT2D eigenvalue weighted by molar-refractivity contribution is -0.122. The van der Waals surface area contributed by atoms with Gasteiger partial charge in [-0.1, -0.05) is 12.1 Å². The number of rotatable bonds is 5. The number of anilines is 1. The largest absolute Gasteiger partial charge is 0.497 e. The first-order valence-electron chi connectivity index (χ1n) is 8.37. The molecule has 6 heteroatoms. The van der Waals surface area contributed by atoms with Gasteiger partial charge in [-0.2, -0.15) is 0 Å². The summed E-state index contributed by atoms with van der Waals surface area (Å²) in [5.41, 5.74) is 2.58. The Hall–Kier alpha value is -3.41. The highest BCUT2D eigenvalue weighted by atomic mass is 16.5. The van der Waals surface area contributed by atoms with E-state index >= 15 is 0 Å². The number of hydrogen-bond donors (Lipinski definition) is 0. The maximum Gasteiger partial charge on any atom is 0.268 e. The third-order valence-corrected chi connectivity index (χ3v) is 4.29. The first-order valence-corrected chi connectivity index (χ1v) is 8.37. The molecule has 0 unspecified atom stereocenters. The van der Waals surface area contributed by atoms with Crippen LogP contribution >= 0.6 is 0 Å². The molecule has 0 fully saturated rings. The molecule has 2 aromatic carbocycles. The van der Waals surface area contributed by atoms with Gasteiger partial charge in [0.1, 0.15) is 12.4 Å². The molecule has 0 atom stereocenters. The minimum atomic E-state index is -0.465. The van der Waals surface area contributed by atoms with Gasteiger partial charge >= 0.3 is 0 Å². The number of Topliss-reactive ketones (excluding diaryl/α,β-unsaturated/α-hetero) is 1. The number of hydrogen-bond acceptors (Lipinski definition) is 5. The molecule has 2 amide bonds. The number of amides is 2. The van der Waals surface area contributed by atoms with Crippen molar-refractivity contribution in [2.45, 2.75) is 20.5 Å². The summed E-state index contributed by atoms with van der Waals surface area (Å²) < 4.78 is 10.7. The zero-order valence-electron chi connectivity index (χ0n) is 15.3. The summed E-state index contributed by atoms with van der Waals surface area (Å²) >= 11 is 0. The van der Waals surface area contributed by atoms with E-state index in [1.165, 1.54) is 20.1 Å². The quantitative estimate of drug-likeness (QED) is 0.462. The van der Waals surface area contributed by atoms with Gasteiger partial charge in [0.05, 0.1) is 24.6 Å². The smallest absolute Gasteiger partial charge is 0.268 e.